The van der Waals surface area contributed by atoms with Crippen molar-refractivity contribution in [2.24, 2.45) is 5.92 Å². The summed E-state index contributed by atoms with van der Waals surface area (Å²) in [6, 6.07) is 0.647. The Morgan fingerprint density at radius 3 is 2.93 bits per heavy atom. The summed E-state index contributed by atoms with van der Waals surface area (Å²) in [6.07, 6.45) is 8.99. The number of nitrogens with zero attached hydrogens (tertiary/aromatic N) is 1. The molecule has 0 unspecified atom stereocenters. The second-order valence-electron chi connectivity index (χ2n) is 4.49. The number of aromatic nitrogens is 1. The highest BCUT2D eigenvalue weighted by molar-refractivity contribution is 7.09. The standard InChI is InChI=1S/C12H20N2S/c1-10(11-5-3-2-4-6-11)14-9-12-13-7-8-15-12/h7-8,10-11,14H,2-6,9H2,1H3/t10-/m1/s1. The fourth-order valence-electron chi connectivity index (χ4n) is 2.39. The number of nitrogens with one attached hydrogen (secondary N) is 1. The van der Waals surface area contributed by atoms with Crippen molar-refractivity contribution in [1.29, 1.82) is 0 Å². The third-order valence-electron chi connectivity index (χ3n) is 3.42. The van der Waals surface area contributed by atoms with E-state index in [1.54, 1.807) is 11.3 Å². The molecule has 15 heavy (non-hydrogen) atoms. The summed E-state index contributed by atoms with van der Waals surface area (Å²) in [7, 11) is 0. The van der Waals surface area contributed by atoms with Crippen molar-refractivity contribution < 1.29 is 0 Å². The predicted octanol–water partition coefficient (Wildman–Crippen LogP) is 3.20. The van der Waals surface area contributed by atoms with E-state index in [-0.39, 0.29) is 0 Å². The Labute approximate surface area is 96.1 Å². The van der Waals surface area contributed by atoms with E-state index >= 15 is 0 Å². The van der Waals surface area contributed by atoms with Crippen LogP contribution < -0.4 is 5.32 Å². The van der Waals surface area contributed by atoms with Gasteiger partial charge in [0.2, 0.25) is 0 Å². The summed E-state index contributed by atoms with van der Waals surface area (Å²) < 4.78 is 0. The molecule has 1 N–H and O–H groups in total. The van der Waals surface area contributed by atoms with Gasteiger partial charge in [-0.2, -0.15) is 0 Å². The molecular formula is C12H20N2S. The first kappa shape index (κ1) is 11.1. The zero-order valence-corrected chi connectivity index (χ0v) is 10.2. The molecule has 1 saturated carbocycles. The van der Waals surface area contributed by atoms with Gasteiger partial charge >= 0.3 is 0 Å². The van der Waals surface area contributed by atoms with Crippen LogP contribution in [0, 0.1) is 5.92 Å². The molecule has 1 fully saturated rings. The minimum Gasteiger partial charge on any atom is -0.308 e. The lowest BCUT2D eigenvalue weighted by molar-refractivity contribution is 0.280. The van der Waals surface area contributed by atoms with Gasteiger partial charge in [0.1, 0.15) is 5.01 Å². The summed E-state index contributed by atoms with van der Waals surface area (Å²) in [5, 5.41) is 6.85. The molecule has 0 aromatic carbocycles. The van der Waals surface area contributed by atoms with Crippen molar-refractivity contribution >= 4 is 11.3 Å². The number of thiazole rings is 1. The highest BCUT2D eigenvalue weighted by atomic mass is 32.1. The molecule has 2 nitrogen and oxygen atoms in total. The lowest BCUT2D eigenvalue weighted by atomic mass is 9.84. The molecule has 1 aliphatic carbocycles. The van der Waals surface area contributed by atoms with Gasteiger partial charge in [-0.15, -0.1) is 11.3 Å². The average molecular weight is 224 g/mol. The molecule has 0 radical (unpaired) electrons. The van der Waals surface area contributed by atoms with Crippen LogP contribution in [0.3, 0.4) is 0 Å². The smallest absolute Gasteiger partial charge is 0.106 e. The molecule has 0 spiro atoms. The third-order valence-corrected chi connectivity index (χ3v) is 4.20. The van der Waals surface area contributed by atoms with Crippen LogP contribution in [-0.2, 0) is 6.54 Å². The fraction of sp³-hybridized carbons (Fsp3) is 0.750. The van der Waals surface area contributed by atoms with Gasteiger partial charge in [-0.05, 0) is 25.7 Å². The largest absolute Gasteiger partial charge is 0.308 e. The highest BCUT2D eigenvalue weighted by Gasteiger charge is 2.19. The van der Waals surface area contributed by atoms with Gasteiger partial charge in [0.25, 0.3) is 0 Å². The van der Waals surface area contributed by atoms with Crippen LogP contribution in [0.1, 0.15) is 44.0 Å². The average Bonchev–Trinajstić information content (AvgIpc) is 2.80. The monoisotopic (exact) mass is 224 g/mol. The van der Waals surface area contributed by atoms with Crippen molar-refractivity contribution in [1.82, 2.24) is 10.3 Å². The van der Waals surface area contributed by atoms with E-state index in [4.69, 9.17) is 0 Å². The Morgan fingerprint density at radius 1 is 1.47 bits per heavy atom. The van der Waals surface area contributed by atoms with Gasteiger partial charge in [0.05, 0.1) is 0 Å². The molecule has 0 aliphatic heterocycles. The van der Waals surface area contributed by atoms with Crippen molar-refractivity contribution in [3.63, 3.8) is 0 Å². The van der Waals surface area contributed by atoms with Crippen molar-refractivity contribution in [2.75, 3.05) is 0 Å². The Balaban J connectivity index is 1.74. The SMILES string of the molecule is C[C@@H](NCc1nccs1)C1CCCCC1. The third kappa shape index (κ3) is 3.28. The van der Waals surface area contributed by atoms with E-state index in [1.807, 2.05) is 11.6 Å². The quantitative estimate of drug-likeness (QED) is 0.849. The molecule has 1 aromatic rings. The Morgan fingerprint density at radius 2 is 2.27 bits per heavy atom. The zero-order chi connectivity index (χ0) is 10.5. The molecule has 0 saturated heterocycles. The Kier molecular flexibility index (Phi) is 4.15. The van der Waals surface area contributed by atoms with Crippen LogP contribution in [0.25, 0.3) is 0 Å². The summed E-state index contributed by atoms with van der Waals surface area (Å²) in [4.78, 5) is 4.29. The predicted molar refractivity (Wildman–Crippen MR) is 65.0 cm³/mol. The number of hydrogen-bond acceptors (Lipinski definition) is 3. The van der Waals surface area contributed by atoms with Gasteiger partial charge in [0.15, 0.2) is 0 Å². The first-order valence-electron chi connectivity index (χ1n) is 5.98. The highest BCUT2D eigenvalue weighted by Crippen LogP contribution is 2.26. The van der Waals surface area contributed by atoms with E-state index in [1.165, 1.54) is 37.1 Å². The minimum atomic E-state index is 0.647. The maximum atomic E-state index is 4.29. The summed E-state index contributed by atoms with van der Waals surface area (Å²) in [5.74, 6) is 0.888. The summed E-state index contributed by atoms with van der Waals surface area (Å²) in [6.45, 7) is 3.26. The maximum Gasteiger partial charge on any atom is 0.106 e. The van der Waals surface area contributed by atoms with E-state index in [9.17, 15) is 0 Å². The lowest BCUT2D eigenvalue weighted by Crippen LogP contribution is -2.34. The molecule has 0 bridgehead atoms. The second-order valence-corrected chi connectivity index (χ2v) is 5.47. The molecule has 1 aromatic heterocycles. The van der Waals surface area contributed by atoms with Crippen LogP contribution in [0.15, 0.2) is 11.6 Å². The molecule has 1 aliphatic rings. The first-order chi connectivity index (χ1) is 7.36. The first-order valence-corrected chi connectivity index (χ1v) is 6.86. The van der Waals surface area contributed by atoms with Crippen LogP contribution in [0.5, 0.6) is 0 Å². The van der Waals surface area contributed by atoms with Gasteiger partial charge in [-0.1, -0.05) is 19.3 Å². The normalized spacial score (nSPS) is 20.3. The van der Waals surface area contributed by atoms with Crippen LogP contribution in [0.4, 0.5) is 0 Å². The van der Waals surface area contributed by atoms with Crippen molar-refractivity contribution in [2.45, 2.75) is 51.6 Å². The molecule has 1 heterocycles. The van der Waals surface area contributed by atoms with Crippen LogP contribution in [0.2, 0.25) is 0 Å². The molecular weight excluding hydrogens is 204 g/mol. The summed E-state index contributed by atoms with van der Waals surface area (Å²) >= 11 is 1.74. The molecule has 0 amide bonds. The molecule has 84 valence electrons. The van der Waals surface area contributed by atoms with Crippen LogP contribution in [-0.4, -0.2) is 11.0 Å². The Hall–Kier alpha value is -0.410. The zero-order valence-electron chi connectivity index (χ0n) is 9.41. The topological polar surface area (TPSA) is 24.9 Å². The van der Waals surface area contributed by atoms with E-state index in [2.05, 4.69) is 17.2 Å². The van der Waals surface area contributed by atoms with Crippen molar-refractivity contribution in [3.05, 3.63) is 16.6 Å². The fourth-order valence-corrected chi connectivity index (χ4v) is 2.96. The lowest BCUT2D eigenvalue weighted by Gasteiger charge is -2.28. The van der Waals surface area contributed by atoms with Gasteiger partial charge in [0, 0.05) is 24.2 Å². The van der Waals surface area contributed by atoms with Crippen LogP contribution >= 0.6 is 11.3 Å². The minimum absolute atomic E-state index is 0.647. The van der Waals surface area contributed by atoms with Crippen molar-refractivity contribution in [3.8, 4) is 0 Å². The van der Waals surface area contributed by atoms with E-state index in [0.717, 1.165) is 12.5 Å². The second kappa shape index (κ2) is 5.61. The Bertz CT molecular complexity index is 265. The number of rotatable bonds is 4. The van der Waals surface area contributed by atoms with E-state index in [0.29, 0.717) is 6.04 Å². The van der Waals surface area contributed by atoms with E-state index < -0.39 is 0 Å². The number of hydrogen-bond donors (Lipinski definition) is 1. The van der Waals surface area contributed by atoms with Gasteiger partial charge in [-0.3, -0.25) is 0 Å². The van der Waals surface area contributed by atoms with Gasteiger partial charge < -0.3 is 5.32 Å². The molecule has 1 atom stereocenters. The molecule has 2 rings (SSSR count). The summed E-state index contributed by atoms with van der Waals surface area (Å²) in [5.41, 5.74) is 0. The van der Waals surface area contributed by atoms with Gasteiger partial charge in [-0.25, -0.2) is 4.98 Å². The maximum absolute atomic E-state index is 4.29. The molecule has 3 heteroatoms.